The molecule has 1 aromatic carbocycles. The molecule has 1 aliphatic rings. The molecule has 0 aromatic heterocycles. The van der Waals surface area contributed by atoms with Crippen LogP contribution in [-0.2, 0) is 0 Å². The Bertz CT molecular complexity index is 479. The smallest absolute Gasteiger partial charge is 0.254 e. The van der Waals surface area contributed by atoms with E-state index in [1.165, 1.54) is 0 Å². The normalized spacial score (nSPS) is 17.3. The average molecular weight is 362 g/mol. The van der Waals surface area contributed by atoms with Crippen LogP contribution in [0.15, 0.2) is 24.3 Å². The molecule has 1 aromatic rings. The quantitative estimate of drug-likeness (QED) is 0.894. The molecule has 1 saturated heterocycles. The van der Waals surface area contributed by atoms with Crippen LogP contribution in [0.1, 0.15) is 31.1 Å². The standard InChI is InChI=1S/C17H27N3O.2ClH/c1-13(2)12-19(4)16-7-5-15(6-8-16)17(21)20-10-9-18-11-14(20)3;;/h5-8,13-14,18H,9-12H2,1-4H3;2*1H/t14-;;/m1../s1. The minimum atomic E-state index is 0. The van der Waals surface area contributed by atoms with Gasteiger partial charge < -0.3 is 15.1 Å². The summed E-state index contributed by atoms with van der Waals surface area (Å²) >= 11 is 0. The van der Waals surface area contributed by atoms with Gasteiger partial charge in [0.05, 0.1) is 0 Å². The Balaban J connectivity index is 0.00000242. The Morgan fingerprint density at radius 3 is 2.43 bits per heavy atom. The van der Waals surface area contributed by atoms with Crippen molar-refractivity contribution in [2.45, 2.75) is 26.8 Å². The molecule has 132 valence electrons. The van der Waals surface area contributed by atoms with Gasteiger partial charge in [0.15, 0.2) is 0 Å². The Morgan fingerprint density at radius 2 is 1.91 bits per heavy atom. The zero-order chi connectivity index (χ0) is 15.4. The third-order valence-corrected chi connectivity index (χ3v) is 3.96. The molecule has 1 atom stereocenters. The van der Waals surface area contributed by atoms with Crippen LogP contribution in [-0.4, -0.2) is 50.1 Å². The number of carbonyl (C=O) groups is 1. The van der Waals surface area contributed by atoms with Gasteiger partial charge in [0, 0.05) is 50.5 Å². The molecule has 0 spiro atoms. The number of anilines is 1. The molecule has 4 nitrogen and oxygen atoms in total. The number of piperazine rings is 1. The summed E-state index contributed by atoms with van der Waals surface area (Å²) in [5.74, 6) is 0.764. The van der Waals surface area contributed by atoms with E-state index in [2.05, 4.69) is 38.0 Å². The second kappa shape index (κ2) is 10.0. The molecule has 6 heteroatoms. The van der Waals surface area contributed by atoms with Crippen molar-refractivity contribution in [3.05, 3.63) is 29.8 Å². The Kier molecular flexibility index (Phi) is 9.59. The average Bonchev–Trinajstić information content (AvgIpc) is 2.46. The zero-order valence-electron chi connectivity index (χ0n) is 14.4. The fourth-order valence-corrected chi connectivity index (χ4v) is 2.82. The number of benzene rings is 1. The summed E-state index contributed by atoms with van der Waals surface area (Å²) in [6.45, 7) is 10.1. The number of amides is 1. The molecule has 0 aliphatic carbocycles. The van der Waals surface area contributed by atoms with Crippen LogP contribution in [0.3, 0.4) is 0 Å². The molecule has 1 aliphatic heterocycles. The fraction of sp³-hybridized carbons (Fsp3) is 0.588. The Hall–Kier alpha value is -0.970. The Labute approximate surface area is 152 Å². The van der Waals surface area contributed by atoms with Gasteiger partial charge in [-0.2, -0.15) is 0 Å². The third kappa shape index (κ3) is 5.87. The minimum absolute atomic E-state index is 0. The fourth-order valence-electron chi connectivity index (χ4n) is 2.82. The summed E-state index contributed by atoms with van der Waals surface area (Å²) in [5, 5.41) is 3.31. The number of nitrogens with zero attached hydrogens (tertiary/aromatic N) is 2. The minimum Gasteiger partial charge on any atom is -0.374 e. The molecule has 0 unspecified atom stereocenters. The Morgan fingerprint density at radius 1 is 1.30 bits per heavy atom. The highest BCUT2D eigenvalue weighted by atomic mass is 35.5. The molecule has 1 N–H and O–H groups in total. The van der Waals surface area contributed by atoms with Crippen LogP contribution in [0, 0.1) is 5.92 Å². The lowest BCUT2D eigenvalue weighted by Crippen LogP contribution is -2.52. The van der Waals surface area contributed by atoms with E-state index in [0.29, 0.717) is 5.92 Å². The maximum absolute atomic E-state index is 12.6. The number of halogens is 2. The molecule has 1 fully saturated rings. The van der Waals surface area contributed by atoms with Crippen molar-refractivity contribution in [1.82, 2.24) is 10.2 Å². The second-order valence-electron chi connectivity index (χ2n) is 6.37. The van der Waals surface area contributed by atoms with E-state index >= 15 is 0 Å². The van der Waals surface area contributed by atoms with Crippen LogP contribution >= 0.6 is 24.8 Å². The first kappa shape index (κ1) is 22.0. The SMILES string of the molecule is CC(C)CN(C)c1ccc(C(=O)N2CCNC[C@H]2C)cc1.Cl.Cl. The number of rotatable bonds is 4. The molecular weight excluding hydrogens is 333 g/mol. The molecular formula is C17H29Cl2N3O. The van der Waals surface area contributed by atoms with Gasteiger partial charge in [0.25, 0.3) is 5.91 Å². The van der Waals surface area contributed by atoms with E-state index in [0.717, 1.165) is 37.4 Å². The zero-order valence-corrected chi connectivity index (χ0v) is 16.0. The van der Waals surface area contributed by atoms with Gasteiger partial charge in [-0.05, 0) is 37.1 Å². The predicted molar refractivity (Wildman–Crippen MR) is 102 cm³/mol. The summed E-state index contributed by atoms with van der Waals surface area (Å²) in [7, 11) is 2.09. The van der Waals surface area contributed by atoms with Crippen molar-refractivity contribution in [3.8, 4) is 0 Å². The van der Waals surface area contributed by atoms with E-state index in [9.17, 15) is 4.79 Å². The van der Waals surface area contributed by atoms with E-state index in [-0.39, 0.29) is 36.8 Å². The summed E-state index contributed by atoms with van der Waals surface area (Å²) < 4.78 is 0. The second-order valence-corrected chi connectivity index (χ2v) is 6.37. The lowest BCUT2D eigenvalue weighted by molar-refractivity contribution is 0.0656. The lowest BCUT2D eigenvalue weighted by Gasteiger charge is -2.34. The number of hydrogen-bond acceptors (Lipinski definition) is 3. The van der Waals surface area contributed by atoms with Crippen LogP contribution in [0.5, 0.6) is 0 Å². The first-order chi connectivity index (χ1) is 9.99. The topological polar surface area (TPSA) is 35.6 Å². The molecule has 1 heterocycles. The van der Waals surface area contributed by atoms with Crippen molar-refractivity contribution in [2.24, 2.45) is 5.92 Å². The highest BCUT2D eigenvalue weighted by molar-refractivity contribution is 5.94. The first-order valence-corrected chi connectivity index (χ1v) is 7.82. The van der Waals surface area contributed by atoms with Gasteiger partial charge in [0.1, 0.15) is 0 Å². The first-order valence-electron chi connectivity index (χ1n) is 7.82. The van der Waals surface area contributed by atoms with Gasteiger partial charge in [-0.1, -0.05) is 13.8 Å². The largest absolute Gasteiger partial charge is 0.374 e. The summed E-state index contributed by atoms with van der Waals surface area (Å²) in [5.41, 5.74) is 1.94. The van der Waals surface area contributed by atoms with Crippen molar-refractivity contribution in [3.63, 3.8) is 0 Å². The number of nitrogens with one attached hydrogen (secondary N) is 1. The molecule has 0 saturated carbocycles. The third-order valence-electron chi connectivity index (χ3n) is 3.96. The van der Waals surface area contributed by atoms with E-state index in [1.807, 2.05) is 29.2 Å². The number of hydrogen-bond donors (Lipinski definition) is 1. The molecule has 23 heavy (non-hydrogen) atoms. The van der Waals surface area contributed by atoms with Crippen molar-refractivity contribution >= 4 is 36.4 Å². The van der Waals surface area contributed by atoms with Gasteiger partial charge in [-0.3, -0.25) is 4.79 Å². The number of carbonyl (C=O) groups excluding carboxylic acids is 1. The van der Waals surface area contributed by atoms with Crippen LogP contribution in [0.25, 0.3) is 0 Å². The maximum atomic E-state index is 12.6. The molecule has 1 amide bonds. The monoisotopic (exact) mass is 361 g/mol. The molecule has 2 rings (SSSR count). The highest BCUT2D eigenvalue weighted by Gasteiger charge is 2.23. The van der Waals surface area contributed by atoms with Crippen molar-refractivity contribution in [2.75, 3.05) is 38.1 Å². The summed E-state index contributed by atoms with van der Waals surface area (Å²) in [6.07, 6.45) is 0. The van der Waals surface area contributed by atoms with E-state index in [1.54, 1.807) is 0 Å². The van der Waals surface area contributed by atoms with E-state index in [4.69, 9.17) is 0 Å². The van der Waals surface area contributed by atoms with Crippen LogP contribution in [0.4, 0.5) is 5.69 Å². The van der Waals surface area contributed by atoms with Gasteiger partial charge in [-0.25, -0.2) is 0 Å². The van der Waals surface area contributed by atoms with Crippen molar-refractivity contribution < 1.29 is 4.79 Å². The maximum Gasteiger partial charge on any atom is 0.254 e. The summed E-state index contributed by atoms with van der Waals surface area (Å²) in [4.78, 5) is 16.7. The summed E-state index contributed by atoms with van der Waals surface area (Å²) in [6, 6.07) is 8.24. The predicted octanol–water partition coefficient (Wildman–Crippen LogP) is 3.06. The lowest BCUT2D eigenvalue weighted by atomic mass is 10.1. The van der Waals surface area contributed by atoms with Crippen molar-refractivity contribution in [1.29, 1.82) is 0 Å². The van der Waals surface area contributed by atoms with E-state index < -0.39 is 0 Å². The van der Waals surface area contributed by atoms with Gasteiger partial charge in [0.2, 0.25) is 0 Å². The molecule has 0 radical (unpaired) electrons. The molecule has 0 bridgehead atoms. The van der Waals surface area contributed by atoms with Gasteiger partial charge >= 0.3 is 0 Å². The van der Waals surface area contributed by atoms with Gasteiger partial charge in [-0.15, -0.1) is 24.8 Å². The van der Waals surface area contributed by atoms with Crippen LogP contribution < -0.4 is 10.2 Å². The van der Waals surface area contributed by atoms with Crippen LogP contribution in [0.2, 0.25) is 0 Å². The highest BCUT2D eigenvalue weighted by Crippen LogP contribution is 2.17.